The first kappa shape index (κ1) is 10.9. The molecule has 0 radical (unpaired) electrons. The highest BCUT2D eigenvalue weighted by atomic mass is 31.2. The molecule has 1 heterocycles. The normalized spacial score (nSPS) is 25.8. The van der Waals surface area contributed by atoms with E-state index in [2.05, 4.69) is 5.32 Å². The molecule has 4 heteroatoms. The van der Waals surface area contributed by atoms with E-state index in [0.29, 0.717) is 5.30 Å². The Bertz CT molecular complexity index is 360. The van der Waals surface area contributed by atoms with E-state index in [1.165, 1.54) is 0 Å². The van der Waals surface area contributed by atoms with Crippen LogP contribution in [0.5, 0.6) is 0 Å². The summed E-state index contributed by atoms with van der Waals surface area (Å²) in [5.74, 6) is -0.256. The number of rotatable bonds is 2. The first-order valence-electron chi connectivity index (χ1n) is 5.33. The summed E-state index contributed by atoms with van der Waals surface area (Å²) in [6, 6.07) is 8.94. The molecule has 1 aromatic carbocycles. The van der Waals surface area contributed by atoms with E-state index < -0.39 is 7.37 Å². The van der Waals surface area contributed by atoms with Crippen molar-refractivity contribution in [3.8, 4) is 0 Å². The van der Waals surface area contributed by atoms with Gasteiger partial charge in [-0.15, -0.1) is 0 Å². The van der Waals surface area contributed by atoms with Crippen LogP contribution in [0.4, 0.5) is 0 Å². The monoisotopic (exact) mass is 225 g/mol. The van der Waals surface area contributed by atoms with Gasteiger partial charge in [0.15, 0.2) is 0 Å². The topological polar surface area (TPSA) is 49.3 Å². The van der Waals surface area contributed by atoms with E-state index in [1.54, 1.807) is 24.3 Å². The Morgan fingerprint density at radius 3 is 2.60 bits per heavy atom. The average Bonchev–Trinajstić information content (AvgIpc) is 2.31. The Hall–Kier alpha value is -0.630. The molecule has 0 saturated carbocycles. The maximum absolute atomic E-state index is 12.3. The second-order valence-corrected chi connectivity index (χ2v) is 6.31. The van der Waals surface area contributed by atoms with Crippen LogP contribution in [-0.2, 0) is 4.57 Å². The van der Waals surface area contributed by atoms with Gasteiger partial charge in [-0.1, -0.05) is 24.6 Å². The van der Waals surface area contributed by atoms with Gasteiger partial charge in [-0.3, -0.25) is 4.57 Å². The van der Waals surface area contributed by atoms with Crippen LogP contribution in [0.1, 0.15) is 19.3 Å². The van der Waals surface area contributed by atoms with Crippen LogP contribution in [0, 0.1) is 0 Å². The Morgan fingerprint density at radius 1 is 1.27 bits per heavy atom. The molecular formula is C11H16NO2P. The van der Waals surface area contributed by atoms with E-state index >= 15 is 0 Å². The van der Waals surface area contributed by atoms with Gasteiger partial charge < -0.3 is 10.2 Å². The molecule has 15 heavy (non-hydrogen) atoms. The molecule has 0 amide bonds. The number of piperidine rings is 1. The number of hydrogen-bond donors (Lipinski definition) is 2. The molecule has 1 fully saturated rings. The molecule has 0 aromatic heterocycles. The van der Waals surface area contributed by atoms with Crippen LogP contribution < -0.4 is 10.6 Å². The third-order valence-electron chi connectivity index (χ3n) is 2.83. The van der Waals surface area contributed by atoms with Crippen molar-refractivity contribution < 1.29 is 9.46 Å². The summed E-state index contributed by atoms with van der Waals surface area (Å²) in [6.45, 7) is 0.849. The van der Waals surface area contributed by atoms with Gasteiger partial charge in [0, 0.05) is 5.30 Å². The highest BCUT2D eigenvalue weighted by Gasteiger charge is 2.33. The summed E-state index contributed by atoms with van der Waals surface area (Å²) in [5, 5.41) is 3.70. The average molecular weight is 225 g/mol. The van der Waals surface area contributed by atoms with Crippen LogP contribution in [0.25, 0.3) is 0 Å². The minimum absolute atomic E-state index is 0.256. The molecule has 1 unspecified atom stereocenters. The Balaban J connectivity index is 2.22. The zero-order chi connectivity index (χ0) is 10.7. The number of benzene rings is 1. The summed E-state index contributed by atoms with van der Waals surface area (Å²) >= 11 is 0. The Kier molecular flexibility index (Phi) is 3.25. The standard InChI is InChI=1S/C11H16NO2P/c13-15(14,10-6-2-1-3-7-10)11-8-4-5-9-12-11/h1-3,6-7,11-12H,4-5,8-9H2,(H,13,14)/t11-/m0/s1. The van der Waals surface area contributed by atoms with Gasteiger partial charge in [-0.2, -0.15) is 0 Å². The van der Waals surface area contributed by atoms with E-state index in [-0.39, 0.29) is 5.78 Å². The van der Waals surface area contributed by atoms with E-state index in [0.717, 1.165) is 25.8 Å². The lowest BCUT2D eigenvalue weighted by Crippen LogP contribution is -2.36. The quantitative estimate of drug-likeness (QED) is 0.753. The highest BCUT2D eigenvalue weighted by molar-refractivity contribution is 7.66. The fourth-order valence-electron chi connectivity index (χ4n) is 1.95. The molecule has 0 spiro atoms. The maximum Gasteiger partial charge on any atom is 0.245 e. The fraction of sp³-hybridized carbons (Fsp3) is 0.455. The molecule has 2 atom stereocenters. The molecule has 0 aliphatic carbocycles. The van der Waals surface area contributed by atoms with E-state index in [1.807, 2.05) is 6.07 Å². The van der Waals surface area contributed by atoms with Crippen LogP contribution in [0.3, 0.4) is 0 Å². The number of hydrogen-bond acceptors (Lipinski definition) is 2. The summed E-state index contributed by atoms with van der Waals surface area (Å²) in [6.07, 6.45) is 2.93. The van der Waals surface area contributed by atoms with E-state index in [9.17, 15) is 9.46 Å². The molecule has 1 aliphatic heterocycles. The molecule has 1 aliphatic rings. The van der Waals surface area contributed by atoms with Gasteiger partial charge in [-0.25, -0.2) is 0 Å². The molecule has 3 nitrogen and oxygen atoms in total. The van der Waals surface area contributed by atoms with Crippen LogP contribution in [-0.4, -0.2) is 17.2 Å². The van der Waals surface area contributed by atoms with Crippen molar-refractivity contribution in [1.82, 2.24) is 5.32 Å². The molecule has 2 N–H and O–H groups in total. The third kappa shape index (κ3) is 2.31. The SMILES string of the molecule is O=P(O)(c1ccccc1)[C@H]1CCCCN1. The van der Waals surface area contributed by atoms with Crippen molar-refractivity contribution >= 4 is 12.7 Å². The zero-order valence-corrected chi connectivity index (χ0v) is 9.49. The van der Waals surface area contributed by atoms with Gasteiger partial charge in [0.05, 0.1) is 5.78 Å². The van der Waals surface area contributed by atoms with Crippen molar-refractivity contribution in [2.45, 2.75) is 25.0 Å². The van der Waals surface area contributed by atoms with Gasteiger partial charge in [0.25, 0.3) is 0 Å². The van der Waals surface area contributed by atoms with Gasteiger partial charge in [0.2, 0.25) is 7.37 Å². The predicted molar refractivity (Wildman–Crippen MR) is 61.5 cm³/mol. The summed E-state index contributed by atoms with van der Waals surface area (Å²) < 4.78 is 12.3. The smallest absolute Gasteiger partial charge is 0.245 e. The van der Waals surface area contributed by atoms with Gasteiger partial charge in [0.1, 0.15) is 0 Å². The largest absolute Gasteiger partial charge is 0.340 e. The second kappa shape index (κ2) is 4.48. The summed E-state index contributed by atoms with van der Waals surface area (Å²) in [7, 11) is -3.23. The molecule has 82 valence electrons. The third-order valence-corrected chi connectivity index (χ3v) is 5.16. The highest BCUT2D eigenvalue weighted by Crippen LogP contribution is 2.46. The van der Waals surface area contributed by atoms with Crippen molar-refractivity contribution in [1.29, 1.82) is 0 Å². The van der Waals surface area contributed by atoms with Crippen LogP contribution >= 0.6 is 7.37 Å². The first-order valence-corrected chi connectivity index (χ1v) is 7.05. The van der Waals surface area contributed by atoms with Crippen LogP contribution in [0.2, 0.25) is 0 Å². The summed E-state index contributed by atoms with van der Waals surface area (Å²) in [4.78, 5) is 10.1. The lowest BCUT2D eigenvalue weighted by atomic mass is 10.2. The molecule has 1 aromatic rings. The second-order valence-electron chi connectivity index (χ2n) is 3.92. The van der Waals surface area contributed by atoms with Crippen molar-refractivity contribution in [2.24, 2.45) is 0 Å². The summed E-state index contributed by atoms with van der Waals surface area (Å²) in [5.41, 5.74) is 0. The lowest BCUT2D eigenvalue weighted by molar-refractivity contribution is 0.415. The molecule has 1 saturated heterocycles. The van der Waals surface area contributed by atoms with Crippen molar-refractivity contribution in [3.63, 3.8) is 0 Å². The van der Waals surface area contributed by atoms with Gasteiger partial charge in [-0.05, 0) is 31.5 Å². The fourth-order valence-corrected chi connectivity index (χ4v) is 3.82. The Morgan fingerprint density at radius 2 is 2.00 bits per heavy atom. The van der Waals surface area contributed by atoms with Crippen LogP contribution in [0.15, 0.2) is 30.3 Å². The zero-order valence-electron chi connectivity index (χ0n) is 8.60. The molecule has 2 rings (SSSR count). The molecular weight excluding hydrogens is 209 g/mol. The molecule has 0 bridgehead atoms. The van der Waals surface area contributed by atoms with E-state index in [4.69, 9.17) is 0 Å². The maximum atomic E-state index is 12.3. The lowest BCUT2D eigenvalue weighted by Gasteiger charge is -2.27. The van der Waals surface area contributed by atoms with Crippen molar-refractivity contribution in [3.05, 3.63) is 30.3 Å². The predicted octanol–water partition coefficient (Wildman–Crippen LogP) is 1.68. The number of nitrogens with one attached hydrogen (secondary N) is 1. The first-order chi connectivity index (χ1) is 7.21. The minimum Gasteiger partial charge on any atom is -0.340 e. The van der Waals surface area contributed by atoms with Gasteiger partial charge >= 0.3 is 0 Å². The minimum atomic E-state index is -3.23. The Labute approximate surface area is 90.0 Å². The van der Waals surface area contributed by atoms with Crippen molar-refractivity contribution in [2.75, 3.05) is 6.54 Å².